The number of hydrogen-bond donors (Lipinski definition) is 0. The number of rotatable bonds is 11. The fourth-order valence-corrected chi connectivity index (χ4v) is 2.29. The molecule has 0 saturated carbocycles. The minimum atomic E-state index is -0.515. The maximum absolute atomic E-state index is 10.7. The molecule has 0 fully saturated rings. The lowest BCUT2D eigenvalue weighted by molar-refractivity contribution is -0.390. The highest BCUT2D eigenvalue weighted by molar-refractivity contribution is 9.09. The number of alkyl halides is 1. The van der Waals surface area contributed by atoms with Crippen molar-refractivity contribution in [3.05, 3.63) is 28.4 Å². The van der Waals surface area contributed by atoms with Gasteiger partial charge < -0.3 is 14.9 Å². The summed E-state index contributed by atoms with van der Waals surface area (Å²) in [6.45, 7) is 0.508. The third kappa shape index (κ3) is 6.84. The van der Waals surface area contributed by atoms with Gasteiger partial charge in [-0.2, -0.15) is 0 Å². The average molecular weight is 345 g/mol. The number of hydrogen-bond acceptors (Lipinski definition) is 4. The van der Waals surface area contributed by atoms with E-state index in [4.69, 9.17) is 4.74 Å². The SMILES string of the molecule is O=[N+]([O-])c1ncccc1OCCCCCCCCCBr. The molecule has 1 heterocycles. The monoisotopic (exact) mass is 344 g/mol. The predicted octanol–water partition coefficient (Wildman–Crippen LogP) is 4.49. The van der Waals surface area contributed by atoms with Gasteiger partial charge in [-0.15, -0.1) is 0 Å². The van der Waals surface area contributed by atoms with Crippen molar-refractivity contribution in [3.63, 3.8) is 0 Å². The van der Waals surface area contributed by atoms with E-state index in [9.17, 15) is 10.1 Å². The van der Waals surface area contributed by atoms with E-state index >= 15 is 0 Å². The second-order valence-electron chi connectivity index (χ2n) is 4.59. The summed E-state index contributed by atoms with van der Waals surface area (Å²) in [7, 11) is 0. The molecular formula is C14H21BrN2O3. The standard InChI is InChI=1S/C14H21BrN2O3/c15-10-6-4-2-1-3-5-7-12-20-13-9-8-11-16-14(13)17(18)19/h8-9,11H,1-7,10,12H2. The number of aromatic nitrogens is 1. The highest BCUT2D eigenvalue weighted by Crippen LogP contribution is 2.23. The fourth-order valence-electron chi connectivity index (χ4n) is 1.89. The molecule has 0 aliphatic heterocycles. The summed E-state index contributed by atoms with van der Waals surface area (Å²) in [6.07, 6.45) is 9.67. The molecule has 0 spiro atoms. The van der Waals surface area contributed by atoms with Crippen LogP contribution in [0.1, 0.15) is 44.9 Å². The molecule has 0 amide bonds. The van der Waals surface area contributed by atoms with Gasteiger partial charge in [-0.05, 0) is 34.9 Å². The van der Waals surface area contributed by atoms with Gasteiger partial charge in [0, 0.05) is 5.33 Å². The summed E-state index contributed by atoms with van der Waals surface area (Å²) in [5, 5.41) is 11.8. The van der Waals surface area contributed by atoms with Crippen LogP contribution in [0, 0.1) is 10.1 Å². The Morgan fingerprint density at radius 1 is 1.15 bits per heavy atom. The van der Waals surface area contributed by atoms with Crippen LogP contribution in [0.4, 0.5) is 5.82 Å². The number of unbranched alkanes of at least 4 members (excludes halogenated alkanes) is 6. The van der Waals surface area contributed by atoms with E-state index < -0.39 is 4.92 Å². The van der Waals surface area contributed by atoms with Crippen LogP contribution in [0.5, 0.6) is 5.75 Å². The Bertz CT molecular complexity index is 402. The van der Waals surface area contributed by atoms with Gasteiger partial charge in [0.2, 0.25) is 5.75 Å². The lowest BCUT2D eigenvalue weighted by Gasteiger charge is -2.06. The minimum absolute atomic E-state index is 0.206. The number of pyridine rings is 1. The first-order chi connectivity index (χ1) is 9.75. The molecule has 5 nitrogen and oxygen atoms in total. The second-order valence-corrected chi connectivity index (χ2v) is 5.39. The molecular weight excluding hydrogens is 324 g/mol. The molecule has 0 radical (unpaired) electrons. The molecule has 0 unspecified atom stereocenters. The molecule has 0 aliphatic rings. The van der Waals surface area contributed by atoms with E-state index in [1.165, 1.54) is 38.3 Å². The van der Waals surface area contributed by atoms with Crippen LogP contribution in [-0.2, 0) is 0 Å². The summed E-state index contributed by atoms with van der Waals surface area (Å²) < 4.78 is 5.43. The molecule has 112 valence electrons. The first kappa shape index (κ1) is 16.9. The summed E-state index contributed by atoms with van der Waals surface area (Å²) in [6, 6.07) is 3.23. The largest absolute Gasteiger partial charge is 0.486 e. The van der Waals surface area contributed by atoms with E-state index in [2.05, 4.69) is 20.9 Å². The van der Waals surface area contributed by atoms with Crippen LogP contribution in [0.3, 0.4) is 0 Å². The van der Waals surface area contributed by atoms with Crippen LogP contribution in [0.2, 0.25) is 0 Å². The lowest BCUT2D eigenvalue weighted by atomic mass is 10.1. The Labute approximate surface area is 128 Å². The first-order valence-corrected chi connectivity index (χ1v) is 8.16. The normalized spacial score (nSPS) is 10.4. The fraction of sp³-hybridized carbons (Fsp3) is 0.643. The van der Waals surface area contributed by atoms with Gasteiger partial charge >= 0.3 is 5.82 Å². The zero-order valence-corrected chi connectivity index (χ0v) is 13.2. The first-order valence-electron chi connectivity index (χ1n) is 7.04. The highest BCUT2D eigenvalue weighted by Gasteiger charge is 2.14. The quantitative estimate of drug-likeness (QED) is 0.256. The Morgan fingerprint density at radius 2 is 1.80 bits per heavy atom. The zero-order chi connectivity index (χ0) is 14.6. The number of ether oxygens (including phenoxy) is 1. The number of nitrogens with zero attached hydrogens (tertiary/aromatic N) is 2. The van der Waals surface area contributed by atoms with E-state index in [-0.39, 0.29) is 11.6 Å². The van der Waals surface area contributed by atoms with E-state index in [1.54, 1.807) is 12.1 Å². The third-order valence-electron chi connectivity index (χ3n) is 2.96. The Morgan fingerprint density at radius 3 is 2.45 bits per heavy atom. The molecule has 6 heteroatoms. The van der Waals surface area contributed by atoms with Gasteiger partial charge in [0.15, 0.2) is 0 Å². The minimum Gasteiger partial charge on any atom is -0.486 e. The molecule has 0 bridgehead atoms. The van der Waals surface area contributed by atoms with Crippen LogP contribution in [0.15, 0.2) is 18.3 Å². The van der Waals surface area contributed by atoms with E-state index in [0.717, 1.165) is 18.2 Å². The van der Waals surface area contributed by atoms with Crippen molar-refractivity contribution < 1.29 is 9.66 Å². The molecule has 0 saturated heterocycles. The molecule has 20 heavy (non-hydrogen) atoms. The van der Waals surface area contributed by atoms with Gasteiger partial charge in [0.25, 0.3) is 0 Å². The lowest BCUT2D eigenvalue weighted by Crippen LogP contribution is -2.01. The molecule has 0 aliphatic carbocycles. The van der Waals surface area contributed by atoms with Gasteiger partial charge in [-0.3, -0.25) is 0 Å². The topological polar surface area (TPSA) is 65.3 Å². The van der Waals surface area contributed by atoms with E-state index in [1.807, 2.05) is 0 Å². The molecule has 0 aromatic carbocycles. The highest BCUT2D eigenvalue weighted by atomic mass is 79.9. The third-order valence-corrected chi connectivity index (χ3v) is 3.52. The van der Waals surface area contributed by atoms with Crippen molar-refractivity contribution in [2.24, 2.45) is 0 Å². The van der Waals surface area contributed by atoms with Crippen LogP contribution >= 0.6 is 15.9 Å². The average Bonchev–Trinajstić information content (AvgIpc) is 2.46. The Hall–Kier alpha value is -1.17. The summed E-state index contributed by atoms with van der Waals surface area (Å²) in [4.78, 5) is 13.9. The number of nitro groups is 1. The van der Waals surface area contributed by atoms with Gasteiger partial charge in [0.05, 0.1) is 6.61 Å². The van der Waals surface area contributed by atoms with Gasteiger partial charge in [-0.25, -0.2) is 0 Å². The summed E-state index contributed by atoms with van der Waals surface area (Å²) in [5.41, 5.74) is 0. The van der Waals surface area contributed by atoms with Crippen molar-refractivity contribution in [1.82, 2.24) is 4.98 Å². The van der Waals surface area contributed by atoms with Crippen molar-refractivity contribution in [2.45, 2.75) is 44.9 Å². The van der Waals surface area contributed by atoms with E-state index in [0.29, 0.717) is 6.61 Å². The zero-order valence-electron chi connectivity index (χ0n) is 11.6. The summed E-state index contributed by atoms with van der Waals surface area (Å²) in [5.74, 6) is 0.0529. The predicted molar refractivity (Wildman–Crippen MR) is 82.5 cm³/mol. The molecule has 0 atom stereocenters. The molecule has 0 N–H and O–H groups in total. The second kappa shape index (κ2) is 10.6. The molecule has 1 aromatic heterocycles. The van der Waals surface area contributed by atoms with Crippen molar-refractivity contribution in [3.8, 4) is 5.75 Å². The van der Waals surface area contributed by atoms with Crippen molar-refractivity contribution >= 4 is 21.7 Å². The molecule has 1 rings (SSSR count). The van der Waals surface area contributed by atoms with Crippen molar-refractivity contribution in [2.75, 3.05) is 11.9 Å². The maximum atomic E-state index is 10.7. The smallest absolute Gasteiger partial charge is 0.406 e. The number of halogens is 1. The van der Waals surface area contributed by atoms with Crippen LogP contribution in [0.25, 0.3) is 0 Å². The van der Waals surface area contributed by atoms with Crippen molar-refractivity contribution in [1.29, 1.82) is 0 Å². The summed E-state index contributed by atoms with van der Waals surface area (Å²) >= 11 is 3.42. The van der Waals surface area contributed by atoms with Crippen LogP contribution in [-0.4, -0.2) is 21.8 Å². The van der Waals surface area contributed by atoms with Crippen LogP contribution < -0.4 is 4.74 Å². The van der Waals surface area contributed by atoms with Gasteiger partial charge in [-0.1, -0.05) is 48.0 Å². The Balaban J connectivity index is 2.11. The van der Waals surface area contributed by atoms with Gasteiger partial charge in [0.1, 0.15) is 6.20 Å². The Kier molecular flexibility index (Phi) is 8.95. The maximum Gasteiger partial charge on any atom is 0.406 e. The molecule has 1 aromatic rings.